The number of hydrogen-bond donors (Lipinski definition) is 1. The van der Waals surface area contributed by atoms with E-state index in [4.69, 9.17) is 19.0 Å². The molecule has 0 radical (unpaired) electrons. The molecule has 3 aromatic rings. The summed E-state index contributed by atoms with van der Waals surface area (Å²) in [4.78, 5) is 11.1. The summed E-state index contributed by atoms with van der Waals surface area (Å²) in [6.45, 7) is 6.79. The van der Waals surface area contributed by atoms with Gasteiger partial charge in [0.05, 0.1) is 27.9 Å². The zero-order valence-corrected chi connectivity index (χ0v) is 17.7. The van der Waals surface area contributed by atoms with Gasteiger partial charge >= 0.3 is 5.97 Å². The Morgan fingerprint density at radius 2 is 1.50 bits per heavy atom. The van der Waals surface area contributed by atoms with E-state index in [9.17, 15) is 4.79 Å². The first kappa shape index (κ1) is 19.8. The van der Waals surface area contributed by atoms with Gasteiger partial charge in [0.1, 0.15) is 11.5 Å². The lowest BCUT2D eigenvalue weighted by Crippen LogP contribution is -2.37. The Labute approximate surface area is 165 Å². The second kappa shape index (κ2) is 7.56. The maximum absolute atomic E-state index is 11.1. The molecule has 1 heterocycles. The molecule has 5 nitrogen and oxygen atoms in total. The minimum atomic E-state index is -1.71. The van der Waals surface area contributed by atoms with Crippen LogP contribution in [0.3, 0.4) is 0 Å². The molecule has 1 aromatic heterocycles. The van der Waals surface area contributed by atoms with Crippen LogP contribution in [0.25, 0.3) is 22.6 Å². The first-order valence-corrected chi connectivity index (χ1v) is 12.4. The number of furan rings is 1. The minimum absolute atomic E-state index is 0.251. The van der Waals surface area contributed by atoms with Crippen LogP contribution in [0.15, 0.2) is 52.9 Å². The normalized spacial score (nSPS) is 11.3. The van der Waals surface area contributed by atoms with Crippen LogP contribution in [0.1, 0.15) is 10.4 Å². The molecule has 0 unspecified atom stereocenters. The molecule has 0 amide bonds. The fourth-order valence-electron chi connectivity index (χ4n) is 3.06. The number of methoxy groups -OCH3 is 2. The number of rotatable bonds is 6. The van der Waals surface area contributed by atoms with Gasteiger partial charge in [-0.2, -0.15) is 0 Å². The first-order valence-electron chi connectivity index (χ1n) is 8.95. The third kappa shape index (κ3) is 3.82. The van der Waals surface area contributed by atoms with E-state index in [0.29, 0.717) is 11.5 Å². The smallest absolute Gasteiger partial charge is 0.335 e. The molecule has 0 spiro atoms. The van der Waals surface area contributed by atoms with E-state index in [1.165, 1.54) is 5.19 Å². The summed E-state index contributed by atoms with van der Waals surface area (Å²) >= 11 is 0. The molecule has 1 N–H and O–H groups in total. The van der Waals surface area contributed by atoms with E-state index in [0.717, 1.165) is 22.6 Å². The van der Waals surface area contributed by atoms with E-state index < -0.39 is 14.0 Å². The molecule has 0 aliphatic rings. The molecule has 0 fully saturated rings. The van der Waals surface area contributed by atoms with Gasteiger partial charge in [0.15, 0.2) is 11.5 Å². The van der Waals surface area contributed by atoms with E-state index in [1.54, 1.807) is 38.5 Å². The summed E-state index contributed by atoms with van der Waals surface area (Å²) in [5, 5.41) is 10.3. The molecule has 6 heteroatoms. The third-order valence-electron chi connectivity index (χ3n) is 4.60. The molecular formula is C22H24O5Si. The van der Waals surface area contributed by atoms with Gasteiger partial charge in [-0.3, -0.25) is 0 Å². The molecule has 3 rings (SSSR count). The standard InChI is InChI=1S/C22H24O5Si/c1-25-17-11-10-16(12-19(17)26-2)21-20(28(3,4)5)13-18(27-21)14-6-8-15(9-7-14)22(23)24/h6-13H,1-5H3,(H,23,24). The summed E-state index contributed by atoms with van der Waals surface area (Å²) in [5.41, 5.74) is 2.01. The van der Waals surface area contributed by atoms with E-state index >= 15 is 0 Å². The zero-order chi connectivity index (χ0) is 20.5. The summed E-state index contributed by atoms with van der Waals surface area (Å²) in [6.07, 6.45) is 0. The van der Waals surface area contributed by atoms with Crippen molar-refractivity contribution in [3.8, 4) is 34.1 Å². The van der Waals surface area contributed by atoms with E-state index in [1.807, 2.05) is 18.2 Å². The highest BCUT2D eigenvalue weighted by molar-refractivity contribution is 6.89. The van der Waals surface area contributed by atoms with Crippen molar-refractivity contribution in [2.75, 3.05) is 14.2 Å². The van der Waals surface area contributed by atoms with Crippen LogP contribution in [0, 0.1) is 0 Å². The first-order chi connectivity index (χ1) is 13.2. The number of benzene rings is 2. The maximum atomic E-state index is 11.1. The third-order valence-corrected chi connectivity index (χ3v) is 6.59. The van der Waals surface area contributed by atoms with E-state index in [-0.39, 0.29) is 5.56 Å². The Hall–Kier alpha value is -2.99. The van der Waals surface area contributed by atoms with Crippen molar-refractivity contribution >= 4 is 19.2 Å². The van der Waals surface area contributed by atoms with Gasteiger partial charge in [-0.15, -0.1) is 0 Å². The molecule has 0 saturated heterocycles. The fraction of sp³-hybridized carbons (Fsp3) is 0.227. The molecule has 0 atom stereocenters. The van der Waals surface area contributed by atoms with Gasteiger partial charge in [-0.05, 0) is 41.6 Å². The van der Waals surface area contributed by atoms with Gasteiger partial charge in [0.2, 0.25) is 0 Å². The number of carboxylic acids is 1. The van der Waals surface area contributed by atoms with Crippen molar-refractivity contribution in [2.24, 2.45) is 0 Å². The molecule has 2 aromatic carbocycles. The van der Waals surface area contributed by atoms with Gasteiger partial charge < -0.3 is 19.0 Å². The quantitative estimate of drug-likeness (QED) is 0.602. The van der Waals surface area contributed by atoms with Crippen LogP contribution in [0.5, 0.6) is 11.5 Å². The average molecular weight is 397 g/mol. The number of hydrogen-bond acceptors (Lipinski definition) is 4. The highest BCUT2D eigenvalue weighted by atomic mass is 28.3. The van der Waals surface area contributed by atoms with Crippen molar-refractivity contribution in [1.29, 1.82) is 0 Å². The summed E-state index contributed by atoms with van der Waals surface area (Å²) in [5.74, 6) is 1.90. The number of ether oxygens (including phenoxy) is 2. The number of aromatic carboxylic acids is 1. The van der Waals surface area contributed by atoms with Gasteiger partial charge in [0, 0.05) is 11.1 Å². The zero-order valence-electron chi connectivity index (χ0n) is 16.7. The van der Waals surface area contributed by atoms with Crippen LogP contribution in [-0.2, 0) is 0 Å². The Morgan fingerprint density at radius 3 is 2.04 bits per heavy atom. The molecule has 0 bridgehead atoms. The van der Waals surface area contributed by atoms with Gasteiger partial charge in [-0.25, -0.2) is 4.79 Å². The Morgan fingerprint density at radius 1 is 0.893 bits per heavy atom. The van der Waals surface area contributed by atoms with Crippen LogP contribution in [0.2, 0.25) is 19.6 Å². The molecule has 28 heavy (non-hydrogen) atoms. The molecule has 0 aliphatic carbocycles. The van der Waals surface area contributed by atoms with E-state index in [2.05, 4.69) is 25.7 Å². The average Bonchev–Trinajstić information content (AvgIpc) is 3.13. The van der Waals surface area contributed by atoms with Crippen LogP contribution < -0.4 is 14.7 Å². The van der Waals surface area contributed by atoms with Crippen molar-refractivity contribution < 1.29 is 23.8 Å². The minimum Gasteiger partial charge on any atom is -0.493 e. The highest BCUT2D eigenvalue weighted by Crippen LogP contribution is 2.35. The van der Waals surface area contributed by atoms with Crippen LogP contribution >= 0.6 is 0 Å². The highest BCUT2D eigenvalue weighted by Gasteiger charge is 2.26. The largest absolute Gasteiger partial charge is 0.493 e. The maximum Gasteiger partial charge on any atom is 0.335 e. The molecule has 0 saturated carbocycles. The van der Waals surface area contributed by atoms with Crippen molar-refractivity contribution in [1.82, 2.24) is 0 Å². The number of carboxylic acid groups (broad SMARTS) is 1. The topological polar surface area (TPSA) is 68.9 Å². The lowest BCUT2D eigenvalue weighted by atomic mass is 10.1. The second-order valence-corrected chi connectivity index (χ2v) is 12.6. The van der Waals surface area contributed by atoms with Gasteiger partial charge in [0.25, 0.3) is 0 Å². The second-order valence-electron chi connectivity index (χ2n) is 7.56. The Balaban J connectivity index is 2.12. The van der Waals surface area contributed by atoms with Crippen molar-refractivity contribution in [2.45, 2.75) is 19.6 Å². The Kier molecular flexibility index (Phi) is 5.33. The molecule has 146 valence electrons. The van der Waals surface area contributed by atoms with Gasteiger partial charge in [-0.1, -0.05) is 31.8 Å². The SMILES string of the molecule is COc1ccc(-c2oc(-c3ccc(C(=O)O)cc3)cc2[Si](C)(C)C)cc1OC. The lowest BCUT2D eigenvalue weighted by Gasteiger charge is -2.16. The van der Waals surface area contributed by atoms with Crippen molar-refractivity contribution in [3.63, 3.8) is 0 Å². The predicted molar refractivity (Wildman–Crippen MR) is 113 cm³/mol. The number of carbonyl (C=O) groups is 1. The predicted octanol–water partition coefficient (Wildman–Crippen LogP) is 4.87. The molecule has 0 aliphatic heterocycles. The van der Waals surface area contributed by atoms with Crippen LogP contribution in [0.4, 0.5) is 0 Å². The van der Waals surface area contributed by atoms with Crippen LogP contribution in [-0.4, -0.2) is 33.4 Å². The summed E-state index contributed by atoms with van der Waals surface area (Å²) in [7, 11) is 1.51. The Bertz CT molecular complexity index is 997. The monoisotopic (exact) mass is 396 g/mol. The molecular weight excluding hydrogens is 372 g/mol. The lowest BCUT2D eigenvalue weighted by molar-refractivity contribution is 0.0697. The summed E-state index contributed by atoms with van der Waals surface area (Å²) in [6, 6.07) is 14.5. The van der Waals surface area contributed by atoms with Crippen molar-refractivity contribution in [3.05, 3.63) is 54.1 Å². The fourth-order valence-corrected chi connectivity index (χ4v) is 4.50. The summed E-state index contributed by atoms with van der Waals surface area (Å²) < 4.78 is 17.1.